The molecule has 0 spiro atoms. The Hall–Kier alpha value is -3.02. The quantitative estimate of drug-likeness (QED) is 0.322. The van der Waals surface area contributed by atoms with E-state index in [-0.39, 0.29) is 31.0 Å². The summed E-state index contributed by atoms with van der Waals surface area (Å²) in [7, 11) is 0. The summed E-state index contributed by atoms with van der Waals surface area (Å²) in [5, 5.41) is 3.85. The number of carbonyl (C=O) groups is 2. The van der Waals surface area contributed by atoms with E-state index in [1.165, 1.54) is 0 Å². The molecule has 0 aliphatic heterocycles. The molecule has 2 amide bonds. The molecule has 5 nitrogen and oxygen atoms in total. The van der Waals surface area contributed by atoms with Gasteiger partial charge in [0.1, 0.15) is 11.8 Å². The van der Waals surface area contributed by atoms with Crippen molar-refractivity contribution in [2.75, 3.05) is 6.61 Å². The third kappa shape index (κ3) is 8.00. The van der Waals surface area contributed by atoms with Gasteiger partial charge in [0, 0.05) is 24.0 Å². The van der Waals surface area contributed by atoms with Crippen LogP contribution in [0, 0.1) is 6.92 Å². The Morgan fingerprint density at radius 3 is 2.31 bits per heavy atom. The van der Waals surface area contributed by atoms with Crippen molar-refractivity contribution in [1.29, 1.82) is 0 Å². The minimum atomic E-state index is -0.723. The molecule has 0 heterocycles. The van der Waals surface area contributed by atoms with Crippen molar-refractivity contribution in [3.05, 3.63) is 99.5 Å². The fraction of sp³-hybridized carbons (Fsp3) is 0.310. The van der Waals surface area contributed by atoms with Crippen LogP contribution in [0.4, 0.5) is 0 Å². The van der Waals surface area contributed by atoms with Crippen LogP contribution in [0.5, 0.6) is 5.75 Å². The highest BCUT2D eigenvalue weighted by molar-refractivity contribution is 6.35. The second kappa shape index (κ2) is 13.3. The van der Waals surface area contributed by atoms with E-state index in [1.54, 1.807) is 23.1 Å². The van der Waals surface area contributed by atoms with Gasteiger partial charge in [-0.2, -0.15) is 0 Å². The SMILES string of the molecule is CC[C@H](C)NC(=O)[C@@H](Cc1ccccc1)N(Cc1ccc(C)cc1)C(=O)COc1ccc(Cl)cc1Cl. The Morgan fingerprint density at radius 1 is 0.972 bits per heavy atom. The number of benzene rings is 3. The van der Waals surface area contributed by atoms with Crippen LogP contribution < -0.4 is 10.1 Å². The minimum Gasteiger partial charge on any atom is -0.482 e. The van der Waals surface area contributed by atoms with Crippen molar-refractivity contribution in [2.45, 2.75) is 52.2 Å². The molecule has 0 unspecified atom stereocenters. The third-order valence-corrected chi connectivity index (χ3v) is 6.52. The number of halogens is 2. The lowest BCUT2D eigenvalue weighted by molar-refractivity contribution is -0.143. The van der Waals surface area contributed by atoms with Crippen molar-refractivity contribution in [2.24, 2.45) is 0 Å². The van der Waals surface area contributed by atoms with Crippen molar-refractivity contribution in [3.8, 4) is 5.75 Å². The highest BCUT2D eigenvalue weighted by Gasteiger charge is 2.31. The second-order valence-corrected chi connectivity index (χ2v) is 9.74. The zero-order valence-electron chi connectivity index (χ0n) is 20.8. The van der Waals surface area contributed by atoms with Gasteiger partial charge in [0.15, 0.2) is 6.61 Å². The molecule has 0 aliphatic rings. The van der Waals surface area contributed by atoms with Crippen molar-refractivity contribution >= 4 is 35.0 Å². The molecule has 0 aliphatic carbocycles. The predicted molar refractivity (Wildman–Crippen MR) is 146 cm³/mol. The lowest BCUT2D eigenvalue weighted by Gasteiger charge is -2.32. The number of nitrogens with zero attached hydrogens (tertiary/aromatic N) is 1. The number of ether oxygens (including phenoxy) is 1. The first-order chi connectivity index (χ1) is 17.3. The number of hydrogen-bond donors (Lipinski definition) is 1. The zero-order valence-corrected chi connectivity index (χ0v) is 22.4. The maximum atomic E-state index is 13.6. The summed E-state index contributed by atoms with van der Waals surface area (Å²) >= 11 is 12.2. The van der Waals surface area contributed by atoms with E-state index >= 15 is 0 Å². The molecule has 7 heteroatoms. The van der Waals surface area contributed by atoms with E-state index in [2.05, 4.69) is 5.32 Å². The van der Waals surface area contributed by atoms with E-state index in [1.807, 2.05) is 75.4 Å². The molecular formula is C29H32Cl2N2O3. The lowest BCUT2D eigenvalue weighted by Crippen LogP contribution is -2.53. The number of rotatable bonds is 11. The van der Waals surface area contributed by atoms with Crippen molar-refractivity contribution < 1.29 is 14.3 Å². The van der Waals surface area contributed by atoms with Gasteiger partial charge in [0.25, 0.3) is 5.91 Å². The van der Waals surface area contributed by atoms with Gasteiger partial charge in [0.2, 0.25) is 5.91 Å². The van der Waals surface area contributed by atoms with Gasteiger partial charge in [-0.1, -0.05) is 90.3 Å². The fourth-order valence-electron chi connectivity index (χ4n) is 3.70. The van der Waals surface area contributed by atoms with Crippen LogP contribution >= 0.6 is 23.2 Å². The average molecular weight is 527 g/mol. The molecule has 3 aromatic rings. The monoisotopic (exact) mass is 526 g/mol. The first kappa shape index (κ1) is 27.6. The Labute approximate surface area is 223 Å². The minimum absolute atomic E-state index is 0.0174. The number of aryl methyl sites for hydroxylation is 1. The van der Waals surface area contributed by atoms with Crippen LogP contribution in [-0.2, 0) is 22.6 Å². The van der Waals surface area contributed by atoms with E-state index in [9.17, 15) is 9.59 Å². The van der Waals surface area contributed by atoms with E-state index in [0.29, 0.717) is 22.2 Å². The summed E-state index contributed by atoms with van der Waals surface area (Å²) in [4.78, 5) is 28.7. The lowest BCUT2D eigenvalue weighted by atomic mass is 10.0. The van der Waals surface area contributed by atoms with Crippen LogP contribution in [-0.4, -0.2) is 35.4 Å². The van der Waals surface area contributed by atoms with Crippen LogP contribution in [0.25, 0.3) is 0 Å². The molecule has 0 fully saturated rings. The summed E-state index contributed by atoms with van der Waals surface area (Å²) < 4.78 is 5.76. The largest absolute Gasteiger partial charge is 0.482 e. The van der Waals surface area contributed by atoms with Gasteiger partial charge in [-0.15, -0.1) is 0 Å². The molecule has 1 N–H and O–H groups in total. The van der Waals surface area contributed by atoms with Gasteiger partial charge >= 0.3 is 0 Å². The molecule has 3 rings (SSSR count). The molecule has 0 saturated heterocycles. The first-order valence-electron chi connectivity index (χ1n) is 12.0. The smallest absolute Gasteiger partial charge is 0.261 e. The number of amides is 2. The molecule has 36 heavy (non-hydrogen) atoms. The molecule has 0 aromatic heterocycles. The molecule has 3 aromatic carbocycles. The van der Waals surface area contributed by atoms with Crippen molar-refractivity contribution in [1.82, 2.24) is 10.2 Å². The highest BCUT2D eigenvalue weighted by Crippen LogP contribution is 2.27. The zero-order chi connectivity index (χ0) is 26.1. The van der Waals surface area contributed by atoms with E-state index in [4.69, 9.17) is 27.9 Å². The fourth-order valence-corrected chi connectivity index (χ4v) is 4.16. The highest BCUT2D eigenvalue weighted by atomic mass is 35.5. The molecule has 2 atom stereocenters. The first-order valence-corrected chi connectivity index (χ1v) is 12.8. The van der Waals surface area contributed by atoms with Gasteiger partial charge in [-0.05, 0) is 49.6 Å². The Morgan fingerprint density at radius 2 is 1.67 bits per heavy atom. The number of nitrogens with one attached hydrogen (secondary N) is 1. The van der Waals surface area contributed by atoms with Gasteiger partial charge in [-0.25, -0.2) is 0 Å². The molecular weight excluding hydrogens is 495 g/mol. The summed E-state index contributed by atoms with van der Waals surface area (Å²) in [6, 6.07) is 21.7. The van der Waals surface area contributed by atoms with Gasteiger partial charge in [-0.3, -0.25) is 9.59 Å². The molecule has 0 radical (unpaired) electrons. The summed E-state index contributed by atoms with van der Waals surface area (Å²) in [6.45, 7) is 5.97. The summed E-state index contributed by atoms with van der Waals surface area (Å²) in [5.74, 6) is -0.159. The maximum absolute atomic E-state index is 13.6. The molecule has 0 bridgehead atoms. The van der Waals surface area contributed by atoms with E-state index < -0.39 is 6.04 Å². The summed E-state index contributed by atoms with van der Waals surface area (Å²) in [5.41, 5.74) is 3.01. The van der Waals surface area contributed by atoms with Gasteiger partial charge in [0.05, 0.1) is 5.02 Å². The molecule has 190 valence electrons. The standard InChI is InChI=1S/C29H32Cl2N2O3/c1-4-21(3)32-29(35)26(16-22-8-6-5-7-9-22)33(18-23-12-10-20(2)11-13-23)28(34)19-36-27-15-14-24(30)17-25(27)31/h5-15,17,21,26H,4,16,18-19H2,1-3H3,(H,32,35)/t21-,26+/m0/s1. The van der Waals surface area contributed by atoms with Gasteiger partial charge < -0.3 is 15.0 Å². The average Bonchev–Trinajstić information content (AvgIpc) is 2.87. The Kier molecular flexibility index (Phi) is 10.2. The maximum Gasteiger partial charge on any atom is 0.261 e. The van der Waals surface area contributed by atoms with Crippen molar-refractivity contribution in [3.63, 3.8) is 0 Å². The predicted octanol–water partition coefficient (Wildman–Crippen LogP) is 6.24. The summed E-state index contributed by atoms with van der Waals surface area (Å²) in [6.07, 6.45) is 1.16. The normalized spacial score (nSPS) is 12.5. The van der Waals surface area contributed by atoms with Crippen LogP contribution in [0.3, 0.4) is 0 Å². The number of hydrogen-bond acceptors (Lipinski definition) is 3. The molecule has 0 saturated carbocycles. The number of carbonyl (C=O) groups excluding carboxylic acids is 2. The van der Waals surface area contributed by atoms with Crippen LogP contribution in [0.1, 0.15) is 37.0 Å². The van der Waals surface area contributed by atoms with E-state index in [0.717, 1.165) is 23.1 Å². The Bertz CT molecular complexity index is 1150. The van der Waals surface area contributed by atoms with Crippen LogP contribution in [0.2, 0.25) is 10.0 Å². The second-order valence-electron chi connectivity index (χ2n) is 8.89. The topological polar surface area (TPSA) is 58.6 Å². The Balaban J connectivity index is 1.91. The van der Waals surface area contributed by atoms with Crippen LogP contribution in [0.15, 0.2) is 72.8 Å². The third-order valence-electron chi connectivity index (χ3n) is 5.99.